The van der Waals surface area contributed by atoms with Crippen LogP contribution in [0.15, 0.2) is 27.2 Å². The molecule has 0 amide bonds. The average molecular weight is 345 g/mol. The van der Waals surface area contributed by atoms with E-state index >= 15 is 0 Å². The molecular formula is C17H16FN3O2S. The zero-order valence-corrected chi connectivity index (χ0v) is 13.9. The summed E-state index contributed by atoms with van der Waals surface area (Å²) < 4.78 is 16.0. The molecule has 1 aliphatic rings. The lowest BCUT2D eigenvalue weighted by atomic mass is 9.99. The molecule has 124 valence electrons. The van der Waals surface area contributed by atoms with Gasteiger partial charge in [0.2, 0.25) is 0 Å². The van der Waals surface area contributed by atoms with Crippen LogP contribution in [0.3, 0.4) is 0 Å². The zero-order valence-electron chi connectivity index (χ0n) is 13.1. The maximum absolute atomic E-state index is 14.7. The first-order chi connectivity index (χ1) is 11.5. The summed E-state index contributed by atoms with van der Waals surface area (Å²) in [6.07, 6.45) is 3.00. The first kappa shape index (κ1) is 15.3. The van der Waals surface area contributed by atoms with Crippen molar-refractivity contribution >= 4 is 16.9 Å². The minimum Gasteiger partial charge on any atom is -0.326 e. The predicted octanol–water partition coefficient (Wildman–Crippen LogP) is 2.50. The number of hydrogen-bond acceptors (Lipinski definition) is 4. The van der Waals surface area contributed by atoms with Gasteiger partial charge in [0.25, 0.3) is 5.56 Å². The van der Waals surface area contributed by atoms with Crippen molar-refractivity contribution in [3.8, 4) is 11.1 Å². The van der Waals surface area contributed by atoms with E-state index in [1.165, 1.54) is 21.9 Å². The summed E-state index contributed by atoms with van der Waals surface area (Å²) in [6, 6.07) is 1.86. The van der Waals surface area contributed by atoms with Crippen LogP contribution in [0.4, 0.5) is 4.39 Å². The number of nitrogens with two attached hydrogens (primary N) is 1. The zero-order chi connectivity index (χ0) is 17.0. The Balaban J connectivity index is 2.11. The summed E-state index contributed by atoms with van der Waals surface area (Å²) in [5, 5.41) is 1.85. The number of aromatic amines is 1. The van der Waals surface area contributed by atoms with E-state index in [4.69, 9.17) is 5.73 Å². The van der Waals surface area contributed by atoms with Crippen molar-refractivity contribution in [1.82, 2.24) is 9.38 Å². The summed E-state index contributed by atoms with van der Waals surface area (Å²) in [5.41, 5.74) is 7.56. The maximum atomic E-state index is 14.7. The van der Waals surface area contributed by atoms with Crippen molar-refractivity contribution in [1.29, 1.82) is 0 Å². The first-order valence-corrected chi connectivity index (χ1v) is 8.64. The first-order valence-electron chi connectivity index (χ1n) is 7.76. The number of aryl methyl sites for hydroxylation is 1. The van der Waals surface area contributed by atoms with Crippen LogP contribution >= 0.6 is 11.3 Å². The third kappa shape index (κ3) is 2.23. The monoisotopic (exact) mass is 345 g/mol. The van der Waals surface area contributed by atoms with Gasteiger partial charge < -0.3 is 5.73 Å². The van der Waals surface area contributed by atoms with Gasteiger partial charge in [0.15, 0.2) is 0 Å². The molecular weight excluding hydrogens is 329 g/mol. The van der Waals surface area contributed by atoms with Crippen LogP contribution in [-0.2, 0) is 6.54 Å². The molecule has 0 aliphatic heterocycles. The smallest absolute Gasteiger partial charge is 0.326 e. The molecule has 1 aliphatic carbocycles. The SMILES string of the molecule is Cc1c(-c2csc(CN)c2)c(F)cn2c(=O)[nH]c(=O)c(C3CC3)c12. The van der Waals surface area contributed by atoms with Gasteiger partial charge in [-0.15, -0.1) is 11.3 Å². The second kappa shape index (κ2) is 5.39. The predicted molar refractivity (Wildman–Crippen MR) is 92.2 cm³/mol. The molecule has 24 heavy (non-hydrogen) atoms. The Morgan fingerprint density at radius 3 is 2.79 bits per heavy atom. The summed E-state index contributed by atoms with van der Waals surface area (Å²) in [5.74, 6) is -0.347. The molecule has 0 spiro atoms. The molecule has 3 heterocycles. The summed E-state index contributed by atoms with van der Waals surface area (Å²) in [4.78, 5) is 27.7. The normalized spacial score (nSPS) is 14.5. The fourth-order valence-electron chi connectivity index (χ4n) is 3.27. The van der Waals surface area contributed by atoms with Crippen molar-refractivity contribution in [2.75, 3.05) is 0 Å². The van der Waals surface area contributed by atoms with Crippen molar-refractivity contribution in [2.45, 2.75) is 32.2 Å². The molecule has 3 aromatic heterocycles. The largest absolute Gasteiger partial charge is 0.333 e. The molecule has 1 fully saturated rings. The number of fused-ring (bicyclic) bond motifs is 1. The van der Waals surface area contributed by atoms with Crippen LogP contribution in [0.1, 0.15) is 34.8 Å². The quantitative estimate of drug-likeness (QED) is 0.765. The lowest BCUT2D eigenvalue weighted by molar-refractivity contribution is 0.618. The number of hydrogen-bond donors (Lipinski definition) is 2. The average Bonchev–Trinajstić information content (AvgIpc) is 3.26. The topological polar surface area (TPSA) is 80.4 Å². The van der Waals surface area contributed by atoms with Gasteiger partial charge in [-0.25, -0.2) is 9.18 Å². The number of nitrogens with one attached hydrogen (secondary N) is 1. The number of halogens is 1. The van der Waals surface area contributed by atoms with Gasteiger partial charge in [0, 0.05) is 22.5 Å². The molecule has 0 aromatic carbocycles. The minimum absolute atomic E-state index is 0.142. The number of pyridine rings is 1. The van der Waals surface area contributed by atoms with Crippen LogP contribution in [0.5, 0.6) is 0 Å². The van der Waals surface area contributed by atoms with Gasteiger partial charge in [0.1, 0.15) is 5.82 Å². The fourth-order valence-corrected chi connectivity index (χ4v) is 4.02. The molecule has 7 heteroatoms. The minimum atomic E-state index is -0.610. The van der Waals surface area contributed by atoms with Gasteiger partial charge in [-0.3, -0.25) is 14.2 Å². The summed E-state index contributed by atoms with van der Waals surface area (Å²) in [7, 11) is 0. The molecule has 0 unspecified atom stereocenters. The Morgan fingerprint density at radius 1 is 1.42 bits per heavy atom. The van der Waals surface area contributed by atoms with Crippen molar-refractivity contribution in [2.24, 2.45) is 5.73 Å². The molecule has 4 rings (SSSR count). The lowest BCUT2D eigenvalue weighted by Crippen LogP contribution is -2.29. The highest BCUT2D eigenvalue weighted by atomic mass is 32.1. The van der Waals surface area contributed by atoms with Gasteiger partial charge in [-0.1, -0.05) is 0 Å². The summed E-state index contributed by atoms with van der Waals surface area (Å²) >= 11 is 1.47. The van der Waals surface area contributed by atoms with Gasteiger partial charge in [0.05, 0.1) is 11.7 Å². The fraction of sp³-hybridized carbons (Fsp3) is 0.294. The molecule has 0 bridgehead atoms. The van der Waals surface area contributed by atoms with E-state index in [-0.39, 0.29) is 11.5 Å². The molecule has 0 saturated heterocycles. The third-order valence-electron chi connectivity index (χ3n) is 4.52. The van der Waals surface area contributed by atoms with Crippen molar-refractivity contribution in [3.63, 3.8) is 0 Å². The molecule has 0 radical (unpaired) electrons. The van der Waals surface area contributed by atoms with Crippen molar-refractivity contribution in [3.05, 3.63) is 60.3 Å². The van der Waals surface area contributed by atoms with E-state index in [9.17, 15) is 14.0 Å². The number of rotatable bonds is 3. The Morgan fingerprint density at radius 2 is 2.17 bits per heavy atom. The third-order valence-corrected chi connectivity index (χ3v) is 5.48. The number of nitrogens with zero attached hydrogens (tertiary/aromatic N) is 1. The van der Waals surface area contributed by atoms with E-state index < -0.39 is 11.5 Å². The van der Waals surface area contributed by atoms with Crippen molar-refractivity contribution < 1.29 is 4.39 Å². The van der Waals surface area contributed by atoms with Gasteiger partial charge >= 0.3 is 5.69 Å². The Bertz CT molecular complexity index is 1080. The number of aromatic nitrogens is 2. The molecule has 5 nitrogen and oxygen atoms in total. The number of H-pyrrole nitrogens is 1. The second-order valence-corrected chi connectivity index (χ2v) is 7.14. The molecule has 0 atom stereocenters. The van der Waals surface area contributed by atoms with E-state index in [0.29, 0.717) is 28.8 Å². The lowest BCUT2D eigenvalue weighted by Gasteiger charge is -2.13. The standard InChI is InChI=1S/C17H16FN3O2S/c1-8-13(10-4-11(5-19)24-7-10)12(18)6-21-15(8)14(9-2-3-9)16(22)20-17(21)23/h4,6-7,9H,2-3,5,19H2,1H3,(H,20,22,23). The van der Waals surface area contributed by atoms with Crippen LogP contribution < -0.4 is 17.0 Å². The Hall–Kier alpha value is -2.25. The van der Waals surface area contributed by atoms with E-state index in [1.807, 2.05) is 11.4 Å². The van der Waals surface area contributed by atoms with E-state index in [0.717, 1.165) is 23.3 Å². The molecule has 3 aromatic rings. The Labute approximate surface area is 140 Å². The highest BCUT2D eigenvalue weighted by molar-refractivity contribution is 7.10. The number of thiophene rings is 1. The van der Waals surface area contributed by atoms with Gasteiger partial charge in [-0.05, 0) is 48.3 Å². The molecule has 1 saturated carbocycles. The highest BCUT2D eigenvalue weighted by Crippen LogP contribution is 2.42. The Kier molecular flexibility index (Phi) is 3.43. The van der Waals surface area contributed by atoms with Gasteiger partial charge in [-0.2, -0.15) is 0 Å². The van der Waals surface area contributed by atoms with Crippen LogP contribution in [0.25, 0.3) is 16.6 Å². The van der Waals surface area contributed by atoms with E-state index in [1.54, 1.807) is 6.92 Å². The van der Waals surface area contributed by atoms with Crippen LogP contribution in [-0.4, -0.2) is 9.38 Å². The van der Waals surface area contributed by atoms with Crippen LogP contribution in [0.2, 0.25) is 0 Å². The summed E-state index contributed by atoms with van der Waals surface area (Å²) in [6.45, 7) is 2.16. The maximum Gasteiger partial charge on any atom is 0.333 e. The second-order valence-electron chi connectivity index (χ2n) is 6.15. The van der Waals surface area contributed by atoms with E-state index in [2.05, 4.69) is 4.98 Å². The highest BCUT2D eigenvalue weighted by Gasteiger charge is 2.31. The van der Waals surface area contributed by atoms with Crippen LogP contribution in [0, 0.1) is 12.7 Å². The molecule has 3 N–H and O–H groups in total.